The molecular formula is C24H31BrN2O3Si. The van der Waals surface area contributed by atoms with Crippen LogP contribution in [0.1, 0.15) is 24.6 Å². The first-order valence-corrected chi connectivity index (χ1v) is 15.4. The molecule has 0 spiro atoms. The van der Waals surface area contributed by atoms with Crippen molar-refractivity contribution in [3.63, 3.8) is 0 Å². The molecule has 7 heteroatoms. The zero-order valence-corrected chi connectivity index (χ0v) is 21.3. The molecule has 1 aromatic heterocycles. The summed E-state index contributed by atoms with van der Waals surface area (Å²) in [5.74, 6) is 2.98. The number of aromatic nitrogens is 2. The number of hydrogen-bond donors (Lipinski definition) is 0. The zero-order valence-electron chi connectivity index (χ0n) is 18.7. The number of nitrogens with zero attached hydrogens (tertiary/aromatic N) is 2. The van der Waals surface area contributed by atoms with Crippen LogP contribution in [-0.4, -0.2) is 37.4 Å². The molecule has 31 heavy (non-hydrogen) atoms. The fourth-order valence-corrected chi connectivity index (χ4v) is 4.97. The Morgan fingerprint density at radius 2 is 1.84 bits per heavy atom. The van der Waals surface area contributed by atoms with E-state index in [0.29, 0.717) is 18.8 Å². The SMILES string of the molecule is COC1CC(c2nc3c(Oc4ccccc4)c(Br)ccc3n2COCC[Si](C)(C)C)C1. The van der Waals surface area contributed by atoms with Crippen molar-refractivity contribution in [3.05, 3.63) is 52.8 Å². The standard InChI is InChI=1S/C24H31BrN2O3Si/c1-28-19-14-17(15-19)24-26-22-21(27(24)16-29-12-13-31(2,3)4)11-10-20(25)23(22)30-18-8-6-5-7-9-18/h5-11,17,19H,12-16H2,1-4H3. The van der Waals surface area contributed by atoms with Crippen LogP contribution in [-0.2, 0) is 16.2 Å². The quantitative estimate of drug-likeness (QED) is 0.238. The first-order chi connectivity index (χ1) is 14.9. The smallest absolute Gasteiger partial charge is 0.169 e. The molecule has 0 aliphatic heterocycles. The minimum atomic E-state index is -1.13. The van der Waals surface area contributed by atoms with Gasteiger partial charge in [-0.2, -0.15) is 0 Å². The number of rotatable bonds is 9. The first kappa shape index (κ1) is 22.5. The molecule has 0 bridgehead atoms. The average Bonchev–Trinajstić information content (AvgIpc) is 3.05. The number of halogens is 1. The monoisotopic (exact) mass is 502 g/mol. The van der Waals surface area contributed by atoms with Gasteiger partial charge in [-0.15, -0.1) is 0 Å². The highest BCUT2D eigenvalue weighted by Gasteiger charge is 2.34. The first-order valence-electron chi connectivity index (χ1n) is 10.9. The van der Waals surface area contributed by atoms with Gasteiger partial charge in [-0.25, -0.2) is 4.98 Å². The van der Waals surface area contributed by atoms with Crippen LogP contribution in [0.4, 0.5) is 0 Å². The molecule has 0 radical (unpaired) electrons. The highest BCUT2D eigenvalue weighted by atomic mass is 79.9. The highest BCUT2D eigenvalue weighted by molar-refractivity contribution is 9.10. The maximum Gasteiger partial charge on any atom is 0.169 e. The summed E-state index contributed by atoms with van der Waals surface area (Å²) in [5, 5.41) is 0. The Morgan fingerprint density at radius 1 is 1.10 bits per heavy atom. The van der Waals surface area contributed by atoms with Crippen LogP contribution in [0.15, 0.2) is 46.9 Å². The van der Waals surface area contributed by atoms with Crippen molar-refractivity contribution in [1.82, 2.24) is 9.55 Å². The lowest BCUT2D eigenvalue weighted by Gasteiger charge is -2.33. The van der Waals surface area contributed by atoms with Crippen LogP contribution in [0.25, 0.3) is 11.0 Å². The Balaban J connectivity index is 1.67. The summed E-state index contributed by atoms with van der Waals surface area (Å²) in [6, 6.07) is 15.1. The number of benzene rings is 2. The molecule has 1 saturated carbocycles. The molecule has 0 atom stereocenters. The highest BCUT2D eigenvalue weighted by Crippen LogP contribution is 2.42. The predicted molar refractivity (Wildman–Crippen MR) is 131 cm³/mol. The Labute approximate surface area is 193 Å². The third-order valence-corrected chi connectivity index (χ3v) is 8.16. The second-order valence-corrected chi connectivity index (χ2v) is 15.9. The van der Waals surface area contributed by atoms with Gasteiger partial charge in [0.1, 0.15) is 23.8 Å². The molecule has 0 unspecified atom stereocenters. The lowest BCUT2D eigenvalue weighted by molar-refractivity contribution is 0.0196. The third-order valence-electron chi connectivity index (χ3n) is 5.83. The van der Waals surface area contributed by atoms with Crippen LogP contribution in [0.5, 0.6) is 11.5 Å². The lowest BCUT2D eigenvalue weighted by atomic mass is 9.81. The molecule has 1 fully saturated rings. The van der Waals surface area contributed by atoms with E-state index < -0.39 is 8.07 Å². The van der Waals surface area contributed by atoms with E-state index in [1.807, 2.05) is 36.4 Å². The van der Waals surface area contributed by atoms with Crippen LogP contribution in [0.2, 0.25) is 25.7 Å². The summed E-state index contributed by atoms with van der Waals surface area (Å²) < 4.78 is 21.0. The van der Waals surface area contributed by atoms with Crippen LogP contribution in [0.3, 0.4) is 0 Å². The number of imidazole rings is 1. The van der Waals surface area contributed by atoms with Gasteiger partial charge in [-0.3, -0.25) is 0 Å². The number of hydrogen-bond acceptors (Lipinski definition) is 4. The summed E-state index contributed by atoms with van der Waals surface area (Å²) in [6.45, 7) is 8.41. The van der Waals surface area contributed by atoms with Gasteiger partial charge in [0.15, 0.2) is 5.75 Å². The Hall–Kier alpha value is -1.67. The van der Waals surface area contributed by atoms with E-state index in [4.69, 9.17) is 19.2 Å². The molecule has 0 saturated heterocycles. The Morgan fingerprint density at radius 3 is 2.52 bits per heavy atom. The minimum absolute atomic E-state index is 0.317. The summed E-state index contributed by atoms with van der Waals surface area (Å²) in [6.07, 6.45) is 2.30. The topological polar surface area (TPSA) is 45.5 Å². The van der Waals surface area contributed by atoms with Crippen molar-refractivity contribution < 1.29 is 14.2 Å². The van der Waals surface area contributed by atoms with E-state index in [9.17, 15) is 0 Å². The number of methoxy groups -OCH3 is 1. The van der Waals surface area contributed by atoms with E-state index in [2.05, 4.69) is 46.2 Å². The molecular weight excluding hydrogens is 472 g/mol. The van der Waals surface area contributed by atoms with Crippen molar-refractivity contribution in [3.8, 4) is 11.5 Å². The molecule has 1 aliphatic rings. The van der Waals surface area contributed by atoms with Gasteiger partial charge in [-0.05, 0) is 59.1 Å². The van der Waals surface area contributed by atoms with Crippen molar-refractivity contribution in [2.45, 2.75) is 57.3 Å². The summed E-state index contributed by atoms with van der Waals surface area (Å²) in [5.41, 5.74) is 1.90. The van der Waals surface area contributed by atoms with Gasteiger partial charge >= 0.3 is 0 Å². The number of fused-ring (bicyclic) bond motifs is 1. The van der Waals surface area contributed by atoms with Crippen molar-refractivity contribution in [2.75, 3.05) is 13.7 Å². The van der Waals surface area contributed by atoms with Gasteiger partial charge in [0.2, 0.25) is 0 Å². The molecule has 0 N–H and O–H groups in total. The maximum atomic E-state index is 6.25. The van der Waals surface area contributed by atoms with Gasteiger partial charge < -0.3 is 18.8 Å². The van der Waals surface area contributed by atoms with Crippen LogP contribution < -0.4 is 4.74 Å². The molecule has 4 rings (SSSR count). The largest absolute Gasteiger partial charge is 0.454 e. The molecule has 166 valence electrons. The van der Waals surface area contributed by atoms with Crippen molar-refractivity contribution >= 4 is 35.0 Å². The molecule has 0 amide bonds. The molecule has 1 aliphatic carbocycles. The van der Waals surface area contributed by atoms with E-state index in [-0.39, 0.29) is 0 Å². The normalized spacial score (nSPS) is 18.9. The average molecular weight is 504 g/mol. The third kappa shape index (κ3) is 5.22. The molecule has 2 aromatic carbocycles. The summed E-state index contributed by atoms with van der Waals surface area (Å²) >= 11 is 3.66. The lowest BCUT2D eigenvalue weighted by Crippen LogP contribution is -2.31. The maximum absolute atomic E-state index is 6.25. The van der Waals surface area contributed by atoms with Crippen molar-refractivity contribution in [1.29, 1.82) is 0 Å². The van der Waals surface area contributed by atoms with Crippen LogP contribution in [0, 0.1) is 0 Å². The molecule has 3 aromatic rings. The van der Waals surface area contributed by atoms with Crippen molar-refractivity contribution in [2.24, 2.45) is 0 Å². The van der Waals surface area contributed by atoms with E-state index in [1.165, 1.54) is 0 Å². The molecule has 1 heterocycles. The second-order valence-electron chi connectivity index (χ2n) is 9.43. The number of ether oxygens (including phenoxy) is 3. The van der Waals surface area contributed by atoms with Crippen LogP contribution >= 0.6 is 15.9 Å². The Kier molecular flexibility index (Phi) is 6.86. The van der Waals surface area contributed by atoms with E-state index >= 15 is 0 Å². The molecule has 5 nitrogen and oxygen atoms in total. The van der Waals surface area contributed by atoms with Gasteiger partial charge in [-0.1, -0.05) is 37.8 Å². The van der Waals surface area contributed by atoms with Gasteiger partial charge in [0.25, 0.3) is 0 Å². The van der Waals surface area contributed by atoms with E-state index in [0.717, 1.165) is 58.3 Å². The number of para-hydroxylation sites is 1. The second kappa shape index (κ2) is 9.44. The predicted octanol–water partition coefficient (Wildman–Crippen LogP) is 6.80. The Bertz CT molecular complexity index is 1030. The van der Waals surface area contributed by atoms with Gasteiger partial charge in [0.05, 0.1) is 16.1 Å². The minimum Gasteiger partial charge on any atom is -0.454 e. The fraction of sp³-hybridized carbons (Fsp3) is 0.458. The zero-order chi connectivity index (χ0) is 22.0. The summed E-state index contributed by atoms with van der Waals surface area (Å²) in [7, 11) is 0.654. The van der Waals surface area contributed by atoms with E-state index in [1.54, 1.807) is 7.11 Å². The fourth-order valence-electron chi connectivity index (χ4n) is 3.81. The van der Waals surface area contributed by atoms with Gasteiger partial charge in [0, 0.05) is 27.7 Å². The summed E-state index contributed by atoms with van der Waals surface area (Å²) in [4.78, 5) is 5.07.